The molecule has 0 spiro atoms. The molecule has 1 aromatic carbocycles. The minimum Gasteiger partial charge on any atom is -0.453 e. The number of nitrogens with one attached hydrogen (secondary N) is 1. The van der Waals surface area contributed by atoms with Crippen molar-refractivity contribution in [3.63, 3.8) is 0 Å². The molecule has 2 bridgehead atoms. The molecule has 4 aliphatic rings. The van der Waals surface area contributed by atoms with E-state index in [1.54, 1.807) is 58.0 Å². The van der Waals surface area contributed by atoms with Crippen LogP contribution >= 0.6 is 0 Å². The molecule has 1 aliphatic heterocycles. The number of ether oxygens (including phenoxy) is 2. The summed E-state index contributed by atoms with van der Waals surface area (Å²) < 4.78 is 10.4. The van der Waals surface area contributed by atoms with Gasteiger partial charge in [-0.1, -0.05) is 56.7 Å². The van der Waals surface area contributed by atoms with E-state index in [1.807, 2.05) is 0 Å². The van der Waals surface area contributed by atoms with Crippen LogP contribution in [0.3, 0.4) is 0 Å². The summed E-state index contributed by atoms with van der Waals surface area (Å²) in [6.45, 7) is 8.23. The first kappa shape index (κ1) is 33.0. The molecule has 3 fully saturated rings. The van der Waals surface area contributed by atoms with Gasteiger partial charge in [0.05, 0.1) is 43.0 Å². The highest BCUT2D eigenvalue weighted by Crippen LogP contribution is 2.65. The van der Waals surface area contributed by atoms with Crippen LogP contribution in [-0.4, -0.2) is 98.1 Å². The molecule has 9 unspecified atom stereocenters. The fraction of sp³-hybridized carbons (Fsp3) is 0.688. The molecule has 1 aromatic rings. The largest absolute Gasteiger partial charge is 0.453 e. The lowest BCUT2D eigenvalue weighted by atomic mass is 9.42. The van der Waals surface area contributed by atoms with Gasteiger partial charge in [0, 0.05) is 23.7 Å². The third-order valence-corrected chi connectivity index (χ3v) is 11.8. The highest BCUT2D eigenvalue weighted by Gasteiger charge is 2.74. The van der Waals surface area contributed by atoms with Crippen LogP contribution < -0.4 is 5.32 Å². The molecule has 0 radical (unpaired) electrons. The van der Waals surface area contributed by atoms with Crippen molar-refractivity contribution < 1.29 is 54.7 Å². The van der Waals surface area contributed by atoms with Crippen LogP contribution in [0.25, 0.3) is 0 Å². The predicted molar refractivity (Wildman–Crippen MR) is 155 cm³/mol. The maximum atomic E-state index is 14.3. The number of fused-ring (bicyclic) bond motifs is 5. The zero-order valence-electron chi connectivity index (χ0n) is 25.9. The molecule has 0 aromatic heterocycles. The first-order valence-corrected chi connectivity index (χ1v) is 15.1. The van der Waals surface area contributed by atoms with Gasteiger partial charge in [-0.05, 0) is 37.3 Å². The molecule has 44 heavy (non-hydrogen) atoms. The first-order chi connectivity index (χ1) is 20.5. The van der Waals surface area contributed by atoms with Crippen molar-refractivity contribution in [2.45, 2.75) is 95.2 Å². The third kappa shape index (κ3) is 4.41. The maximum absolute atomic E-state index is 14.3. The van der Waals surface area contributed by atoms with Crippen molar-refractivity contribution in [2.75, 3.05) is 13.7 Å². The second-order valence-corrected chi connectivity index (χ2v) is 13.9. The fourth-order valence-electron chi connectivity index (χ4n) is 9.20. The molecular formula is C32H45NO11. The van der Waals surface area contributed by atoms with Crippen LogP contribution in [0.1, 0.15) is 59.1 Å². The molecule has 12 atom stereocenters. The Hall–Kier alpha value is -2.42. The van der Waals surface area contributed by atoms with E-state index in [0.717, 1.165) is 0 Å². The predicted octanol–water partition coefficient (Wildman–Crippen LogP) is 1.49. The first-order valence-electron chi connectivity index (χ1n) is 15.1. The lowest BCUT2D eigenvalue weighted by Gasteiger charge is -2.67. The fourth-order valence-corrected chi connectivity index (χ4v) is 9.20. The number of benzene rings is 1. The number of hydrogen-bond acceptors (Lipinski definition) is 11. The van der Waals surface area contributed by atoms with Crippen molar-refractivity contribution in [1.29, 1.82) is 0 Å². The number of alkyl carbamates (subject to hydrolysis) is 1. The number of ketones is 1. The normalized spacial score (nSPS) is 41.6. The van der Waals surface area contributed by atoms with Crippen molar-refractivity contribution in [3.05, 3.63) is 47.0 Å². The zero-order valence-corrected chi connectivity index (χ0v) is 25.9. The van der Waals surface area contributed by atoms with Crippen molar-refractivity contribution in [3.8, 4) is 0 Å². The van der Waals surface area contributed by atoms with Gasteiger partial charge in [0.1, 0.15) is 23.9 Å². The summed E-state index contributed by atoms with van der Waals surface area (Å²) in [4.78, 5) is 31.6. The quantitative estimate of drug-likeness (QED) is 0.138. The number of aliphatic hydroxyl groups is 5. The van der Waals surface area contributed by atoms with E-state index in [9.17, 15) is 40.4 Å². The Morgan fingerprint density at radius 3 is 2.32 bits per heavy atom. The molecular weight excluding hydrogens is 574 g/mol. The molecule has 2 saturated carbocycles. The van der Waals surface area contributed by atoms with Crippen molar-refractivity contribution >= 4 is 11.9 Å². The van der Waals surface area contributed by atoms with Crippen LogP contribution in [0.15, 0.2) is 41.5 Å². The zero-order chi connectivity index (χ0) is 32.6. The number of carbonyl (C=O) groups excluding carboxylic acids is 2. The molecule has 1 amide bonds. The molecule has 7 N–H and O–H groups in total. The van der Waals surface area contributed by atoms with Gasteiger partial charge in [0.25, 0.3) is 0 Å². The van der Waals surface area contributed by atoms with Gasteiger partial charge >= 0.3 is 6.09 Å². The number of carbonyl (C=O) groups is 2. The smallest absolute Gasteiger partial charge is 0.407 e. The second-order valence-electron chi connectivity index (χ2n) is 13.9. The summed E-state index contributed by atoms with van der Waals surface area (Å²) in [5.41, 5.74) is -5.09. The topological polar surface area (TPSA) is 195 Å². The summed E-state index contributed by atoms with van der Waals surface area (Å²) in [5, 5.41) is 72.5. The Bertz CT molecular complexity index is 1320. The van der Waals surface area contributed by atoms with Gasteiger partial charge in [0.2, 0.25) is 0 Å². The van der Waals surface area contributed by atoms with Gasteiger partial charge in [-0.25, -0.2) is 9.68 Å². The van der Waals surface area contributed by atoms with Crippen molar-refractivity contribution in [1.82, 2.24) is 5.32 Å². The Morgan fingerprint density at radius 2 is 1.77 bits per heavy atom. The SMILES string of the molecule is COC(=O)NC(c1ccccc1)C(O)[C@@H](OO)C1CC2(O)C(C)C3[C@]4(O)COC4CC(O)[C@@]3(C)C(=O)C(O)C(=C1C)C2(C)C. The van der Waals surface area contributed by atoms with Crippen LogP contribution in [-0.2, 0) is 19.2 Å². The number of amides is 1. The molecule has 3 aliphatic carbocycles. The molecule has 5 rings (SSSR count). The number of aliphatic hydroxyl groups excluding tert-OH is 3. The Balaban J connectivity index is 1.66. The van der Waals surface area contributed by atoms with Crippen LogP contribution in [0.5, 0.6) is 0 Å². The van der Waals surface area contributed by atoms with Crippen molar-refractivity contribution in [2.24, 2.45) is 28.6 Å². The average molecular weight is 620 g/mol. The highest BCUT2D eigenvalue weighted by molar-refractivity contribution is 5.93. The molecule has 1 heterocycles. The minimum absolute atomic E-state index is 0.00214. The number of methoxy groups -OCH3 is 1. The summed E-state index contributed by atoms with van der Waals surface area (Å²) in [5.74, 6) is -3.53. The summed E-state index contributed by atoms with van der Waals surface area (Å²) in [6.07, 6.45) is -7.82. The Labute approximate surface area is 256 Å². The molecule has 1 saturated heterocycles. The third-order valence-electron chi connectivity index (χ3n) is 11.8. The van der Waals surface area contributed by atoms with Gasteiger partial charge in [-0.2, -0.15) is 0 Å². The van der Waals surface area contributed by atoms with E-state index in [2.05, 4.69) is 5.32 Å². The standard InChI is InChI=1S/C32H45NO11/c1-15-18(25(44-41)24(36)22(33-28(38)42-6)17-10-8-7-9-11-17)13-32(40)16(2)26-30(5,19(34)12-20-31(26,39)14-43-20)27(37)23(35)21(15)29(32,3)4/h7-11,16,18-20,22-26,34-36,39-41H,12-14H2,1-6H3,(H,33,38)/t16?,18?,19?,20?,22?,23?,24?,25-,26?,30+,31-,32?/m0/s1. The monoisotopic (exact) mass is 619 g/mol. The molecule has 12 heteroatoms. The van der Waals surface area contributed by atoms with Crippen LogP contribution in [0.2, 0.25) is 0 Å². The molecule has 244 valence electrons. The lowest BCUT2D eigenvalue weighted by Crippen LogP contribution is -2.78. The Morgan fingerprint density at radius 1 is 1.14 bits per heavy atom. The van der Waals surface area contributed by atoms with E-state index < -0.39 is 88.2 Å². The Kier molecular flexibility index (Phi) is 8.34. The van der Waals surface area contributed by atoms with Crippen LogP contribution in [0, 0.1) is 28.6 Å². The van der Waals surface area contributed by atoms with Gasteiger partial charge < -0.3 is 40.3 Å². The number of rotatable bonds is 6. The summed E-state index contributed by atoms with van der Waals surface area (Å²) >= 11 is 0. The van der Waals surface area contributed by atoms with Gasteiger partial charge in [-0.15, -0.1) is 0 Å². The maximum Gasteiger partial charge on any atom is 0.407 e. The van der Waals surface area contributed by atoms with E-state index in [0.29, 0.717) is 11.1 Å². The van der Waals surface area contributed by atoms with Gasteiger partial charge in [0.15, 0.2) is 5.78 Å². The summed E-state index contributed by atoms with van der Waals surface area (Å²) in [7, 11) is 1.17. The van der Waals surface area contributed by atoms with E-state index in [1.165, 1.54) is 14.0 Å². The molecule has 12 nitrogen and oxygen atoms in total. The van der Waals surface area contributed by atoms with E-state index in [4.69, 9.17) is 14.4 Å². The van der Waals surface area contributed by atoms with E-state index in [-0.39, 0.29) is 25.0 Å². The van der Waals surface area contributed by atoms with Crippen LogP contribution in [0.4, 0.5) is 4.79 Å². The second kappa shape index (κ2) is 11.1. The minimum atomic E-state index is -1.79. The summed E-state index contributed by atoms with van der Waals surface area (Å²) in [6, 6.07) is 7.39. The van der Waals surface area contributed by atoms with Gasteiger partial charge in [-0.3, -0.25) is 10.1 Å². The number of hydrogen-bond donors (Lipinski definition) is 7. The number of Topliss-reactive ketones (excluding diaryl/α,β-unsaturated/α-hetero) is 1. The average Bonchev–Trinajstić information content (AvgIpc) is 2.99. The van der Waals surface area contributed by atoms with E-state index >= 15 is 0 Å². The highest BCUT2D eigenvalue weighted by atomic mass is 17.1. The lowest BCUT2D eigenvalue weighted by molar-refractivity contribution is -0.339.